The van der Waals surface area contributed by atoms with Gasteiger partial charge in [-0.05, 0) is 54.3 Å². The molecule has 8 heteroatoms. The quantitative estimate of drug-likeness (QED) is 0.314. The molecule has 6 nitrogen and oxygen atoms in total. The van der Waals surface area contributed by atoms with Crippen molar-refractivity contribution >= 4 is 22.7 Å². The molecular formula is C30H30F2N4O2. The van der Waals surface area contributed by atoms with Crippen LogP contribution in [0.3, 0.4) is 0 Å². The van der Waals surface area contributed by atoms with Crippen molar-refractivity contribution in [3.05, 3.63) is 101 Å². The van der Waals surface area contributed by atoms with Crippen molar-refractivity contribution < 1.29 is 18.3 Å². The van der Waals surface area contributed by atoms with Crippen LogP contribution in [-0.4, -0.2) is 34.0 Å². The second-order valence-corrected chi connectivity index (χ2v) is 9.82. The van der Waals surface area contributed by atoms with Crippen LogP contribution in [-0.2, 0) is 17.8 Å². The van der Waals surface area contributed by atoms with Gasteiger partial charge >= 0.3 is 0 Å². The van der Waals surface area contributed by atoms with Crippen LogP contribution in [0, 0.1) is 11.6 Å². The summed E-state index contributed by atoms with van der Waals surface area (Å²) in [6.45, 7) is 7.20. The lowest BCUT2D eigenvalue weighted by atomic mass is 10.0. The Labute approximate surface area is 220 Å². The zero-order valence-corrected chi connectivity index (χ0v) is 21.7. The van der Waals surface area contributed by atoms with Gasteiger partial charge in [0.2, 0.25) is 5.90 Å². The second-order valence-electron chi connectivity index (χ2n) is 9.82. The maximum Gasteiger partial charge on any atom is 0.254 e. The third kappa shape index (κ3) is 5.16. The Kier molecular flexibility index (Phi) is 7.22. The van der Waals surface area contributed by atoms with Crippen LogP contribution in [0.25, 0.3) is 10.9 Å². The standard InChI is InChI=1S/C30H30F2N4O2/c1-4-23-17-38-30(35-23)20-8-9-25-26(13-20)36(16-24-7-5-6-10-33-24)28(18(2)3)27(25)29(37)34-15-19-11-21(31)14-22(32)12-19/h5-14,18,23H,4,15-17H2,1-3H3,(H,34,37). The first-order valence-electron chi connectivity index (χ1n) is 12.8. The van der Waals surface area contributed by atoms with E-state index in [1.807, 2.05) is 50.2 Å². The Bertz CT molecular complexity index is 1490. The molecule has 1 atom stereocenters. The summed E-state index contributed by atoms with van der Waals surface area (Å²) in [6.07, 6.45) is 2.65. The zero-order chi connectivity index (χ0) is 26.8. The number of aromatic nitrogens is 2. The Balaban J connectivity index is 1.60. The molecule has 5 rings (SSSR count). The van der Waals surface area contributed by atoms with Gasteiger partial charge in [-0.25, -0.2) is 13.8 Å². The van der Waals surface area contributed by atoms with Gasteiger partial charge < -0.3 is 14.6 Å². The van der Waals surface area contributed by atoms with E-state index in [9.17, 15) is 13.6 Å². The molecule has 0 saturated heterocycles. The average Bonchev–Trinajstić information content (AvgIpc) is 3.50. The van der Waals surface area contributed by atoms with Crippen molar-refractivity contribution in [2.75, 3.05) is 6.61 Å². The predicted molar refractivity (Wildman–Crippen MR) is 143 cm³/mol. The molecule has 0 spiro atoms. The number of halogens is 2. The molecule has 2 aromatic carbocycles. The molecular weight excluding hydrogens is 486 g/mol. The summed E-state index contributed by atoms with van der Waals surface area (Å²) < 4.78 is 35.4. The minimum Gasteiger partial charge on any atom is -0.475 e. The number of carbonyl (C=O) groups excluding carboxylic acids is 1. The molecule has 4 aromatic rings. The van der Waals surface area contributed by atoms with E-state index < -0.39 is 11.6 Å². The predicted octanol–water partition coefficient (Wildman–Crippen LogP) is 5.97. The molecule has 1 aliphatic heterocycles. The number of benzene rings is 2. The van der Waals surface area contributed by atoms with Crippen LogP contribution in [0.2, 0.25) is 0 Å². The maximum absolute atomic E-state index is 13.7. The van der Waals surface area contributed by atoms with Crippen LogP contribution in [0.4, 0.5) is 8.78 Å². The largest absolute Gasteiger partial charge is 0.475 e. The van der Waals surface area contributed by atoms with E-state index in [1.165, 1.54) is 12.1 Å². The van der Waals surface area contributed by atoms with Crippen LogP contribution in [0.5, 0.6) is 0 Å². The lowest BCUT2D eigenvalue weighted by molar-refractivity contribution is 0.0950. The minimum atomic E-state index is -0.682. The topological polar surface area (TPSA) is 68.5 Å². The number of fused-ring (bicyclic) bond motifs is 1. The number of hydrogen-bond acceptors (Lipinski definition) is 4. The summed E-state index contributed by atoms with van der Waals surface area (Å²) in [6, 6.07) is 15.0. The van der Waals surface area contributed by atoms with Gasteiger partial charge in [-0.1, -0.05) is 32.9 Å². The van der Waals surface area contributed by atoms with Gasteiger partial charge in [0.05, 0.1) is 29.4 Å². The maximum atomic E-state index is 13.7. The van der Waals surface area contributed by atoms with Gasteiger partial charge in [0.15, 0.2) is 0 Å². The number of pyridine rings is 1. The van der Waals surface area contributed by atoms with Crippen molar-refractivity contribution in [3.63, 3.8) is 0 Å². The highest BCUT2D eigenvalue weighted by Crippen LogP contribution is 2.33. The first-order valence-corrected chi connectivity index (χ1v) is 12.8. The van der Waals surface area contributed by atoms with Gasteiger partial charge in [0.25, 0.3) is 5.91 Å². The first kappa shape index (κ1) is 25.6. The first-order chi connectivity index (χ1) is 18.3. The monoisotopic (exact) mass is 516 g/mol. The second kappa shape index (κ2) is 10.7. The number of aliphatic imine (C=N–C) groups is 1. The molecule has 0 radical (unpaired) electrons. The van der Waals surface area contributed by atoms with Gasteiger partial charge in [0.1, 0.15) is 18.2 Å². The van der Waals surface area contributed by atoms with Crippen molar-refractivity contribution in [2.24, 2.45) is 4.99 Å². The molecule has 38 heavy (non-hydrogen) atoms. The molecule has 1 aliphatic rings. The molecule has 1 amide bonds. The normalized spacial score (nSPS) is 15.1. The van der Waals surface area contributed by atoms with Crippen LogP contribution < -0.4 is 5.32 Å². The smallest absolute Gasteiger partial charge is 0.254 e. The summed E-state index contributed by atoms with van der Waals surface area (Å²) in [5.74, 6) is -1.06. The zero-order valence-electron chi connectivity index (χ0n) is 21.7. The molecule has 1 N–H and O–H groups in total. The third-order valence-corrected chi connectivity index (χ3v) is 6.73. The summed E-state index contributed by atoms with van der Waals surface area (Å²) in [5.41, 5.74) is 4.32. The SMILES string of the molecule is CCC1COC(c2ccc3c(C(=O)NCc4cc(F)cc(F)c4)c(C(C)C)n(Cc4ccccn4)c3c2)=N1. The van der Waals surface area contributed by atoms with E-state index in [0.29, 0.717) is 30.2 Å². The number of nitrogens with one attached hydrogen (secondary N) is 1. The summed E-state index contributed by atoms with van der Waals surface area (Å²) in [7, 11) is 0. The Morgan fingerprint density at radius 1 is 1.13 bits per heavy atom. The van der Waals surface area contributed by atoms with E-state index in [2.05, 4.69) is 21.8 Å². The fourth-order valence-corrected chi connectivity index (χ4v) is 4.93. The highest BCUT2D eigenvalue weighted by Gasteiger charge is 2.26. The van der Waals surface area contributed by atoms with Gasteiger partial charge in [-0.3, -0.25) is 9.78 Å². The Morgan fingerprint density at radius 2 is 1.92 bits per heavy atom. The van der Waals surface area contributed by atoms with Gasteiger partial charge in [-0.15, -0.1) is 0 Å². The van der Waals surface area contributed by atoms with Crippen molar-refractivity contribution in [2.45, 2.75) is 52.2 Å². The van der Waals surface area contributed by atoms with Crippen molar-refractivity contribution in [3.8, 4) is 0 Å². The van der Waals surface area contributed by atoms with Crippen molar-refractivity contribution in [1.82, 2.24) is 14.9 Å². The molecule has 3 heterocycles. The lowest BCUT2D eigenvalue weighted by Crippen LogP contribution is -2.24. The van der Waals surface area contributed by atoms with Crippen LogP contribution in [0.15, 0.2) is 65.8 Å². The Hall–Kier alpha value is -4.07. The summed E-state index contributed by atoms with van der Waals surface area (Å²) in [5, 5.41) is 3.65. The van der Waals surface area contributed by atoms with E-state index in [4.69, 9.17) is 9.73 Å². The molecule has 1 unspecified atom stereocenters. The van der Waals surface area contributed by atoms with E-state index >= 15 is 0 Å². The molecule has 0 saturated carbocycles. The number of nitrogens with zero attached hydrogens (tertiary/aromatic N) is 3. The van der Waals surface area contributed by atoms with Crippen molar-refractivity contribution in [1.29, 1.82) is 0 Å². The number of carbonyl (C=O) groups is 1. The lowest BCUT2D eigenvalue weighted by Gasteiger charge is -2.15. The molecule has 2 aromatic heterocycles. The van der Waals surface area contributed by atoms with E-state index in [-0.39, 0.29) is 24.4 Å². The summed E-state index contributed by atoms with van der Waals surface area (Å²) in [4.78, 5) is 22.9. The van der Waals surface area contributed by atoms with Gasteiger partial charge in [-0.2, -0.15) is 0 Å². The molecule has 0 bridgehead atoms. The molecule has 0 aliphatic carbocycles. The fourth-order valence-electron chi connectivity index (χ4n) is 4.93. The molecule has 196 valence electrons. The molecule has 0 fully saturated rings. The highest BCUT2D eigenvalue weighted by atomic mass is 19.1. The number of amides is 1. The average molecular weight is 517 g/mol. The third-order valence-electron chi connectivity index (χ3n) is 6.73. The number of ether oxygens (including phenoxy) is 1. The Morgan fingerprint density at radius 3 is 2.58 bits per heavy atom. The van der Waals surface area contributed by atoms with Crippen LogP contribution in [0.1, 0.15) is 66.0 Å². The van der Waals surface area contributed by atoms with Gasteiger partial charge in [0, 0.05) is 35.5 Å². The minimum absolute atomic E-state index is 0.000894. The fraction of sp³-hybridized carbons (Fsp3) is 0.300. The number of rotatable bonds is 8. The highest BCUT2D eigenvalue weighted by molar-refractivity contribution is 6.10. The number of hydrogen-bond donors (Lipinski definition) is 1. The van der Waals surface area contributed by atoms with Crippen LogP contribution >= 0.6 is 0 Å². The summed E-state index contributed by atoms with van der Waals surface area (Å²) >= 11 is 0. The van der Waals surface area contributed by atoms with E-state index in [1.54, 1.807) is 6.20 Å². The van der Waals surface area contributed by atoms with E-state index in [0.717, 1.165) is 40.3 Å².